The Morgan fingerprint density at radius 2 is 1.75 bits per heavy atom. The normalized spacial score (nSPS) is 19.0. The molecule has 84 valence electrons. The van der Waals surface area contributed by atoms with E-state index in [1.165, 1.54) is 19.3 Å². The molecule has 0 heterocycles. The molecule has 1 aliphatic carbocycles. The van der Waals surface area contributed by atoms with Gasteiger partial charge in [-0.05, 0) is 36.5 Å². The topological polar surface area (TPSA) is 44.0 Å². The summed E-state index contributed by atoms with van der Waals surface area (Å²) in [5.41, 5.74) is 1.60. The van der Waals surface area contributed by atoms with E-state index in [0.29, 0.717) is 11.5 Å². The number of rotatable bonds is 2. The van der Waals surface area contributed by atoms with Crippen LogP contribution < -0.4 is 0 Å². The van der Waals surface area contributed by atoms with Crippen LogP contribution in [0.1, 0.15) is 49.3 Å². The summed E-state index contributed by atoms with van der Waals surface area (Å²) in [4.78, 5) is 0. The number of aliphatic hydroxyl groups excluding tert-OH is 1. The lowest BCUT2D eigenvalue weighted by Gasteiger charge is -2.26. The van der Waals surface area contributed by atoms with Gasteiger partial charge in [-0.3, -0.25) is 0 Å². The summed E-state index contributed by atoms with van der Waals surface area (Å²) >= 11 is 0. The molecule has 2 rings (SSSR count). The standard InChI is InChI=1S/C14H17NO/c15-10-11-6-8-13(9-7-11)14(16)12-4-2-1-3-5-12/h6-9,12,14,16H,1-5H2/t14-/m1/s1. The Morgan fingerprint density at radius 1 is 1.12 bits per heavy atom. The predicted molar refractivity (Wildman–Crippen MR) is 62.7 cm³/mol. The molecule has 1 fully saturated rings. The molecule has 2 nitrogen and oxygen atoms in total. The zero-order valence-electron chi connectivity index (χ0n) is 9.39. The molecule has 1 N–H and O–H groups in total. The molecular formula is C14H17NO. The van der Waals surface area contributed by atoms with Crippen molar-refractivity contribution in [3.8, 4) is 6.07 Å². The number of hydrogen-bond donors (Lipinski definition) is 1. The van der Waals surface area contributed by atoms with Gasteiger partial charge in [0.25, 0.3) is 0 Å². The van der Waals surface area contributed by atoms with Gasteiger partial charge in [-0.2, -0.15) is 5.26 Å². The quantitative estimate of drug-likeness (QED) is 0.823. The van der Waals surface area contributed by atoms with Gasteiger partial charge in [0.2, 0.25) is 0 Å². The van der Waals surface area contributed by atoms with Crippen molar-refractivity contribution in [3.63, 3.8) is 0 Å². The molecule has 0 aliphatic heterocycles. The first-order valence-corrected chi connectivity index (χ1v) is 5.99. The summed E-state index contributed by atoms with van der Waals surface area (Å²) < 4.78 is 0. The summed E-state index contributed by atoms with van der Waals surface area (Å²) in [5.74, 6) is 0.404. The van der Waals surface area contributed by atoms with Crippen molar-refractivity contribution in [2.45, 2.75) is 38.2 Å². The Bertz CT molecular complexity index is 371. The molecule has 0 radical (unpaired) electrons. The first kappa shape index (κ1) is 11.2. The van der Waals surface area contributed by atoms with E-state index < -0.39 is 0 Å². The highest BCUT2D eigenvalue weighted by atomic mass is 16.3. The maximum atomic E-state index is 10.2. The van der Waals surface area contributed by atoms with Crippen LogP contribution in [0.15, 0.2) is 24.3 Å². The summed E-state index contributed by atoms with van der Waals surface area (Å²) in [6.45, 7) is 0. The van der Waals surface area contributed by atoms with Gasteiger partial charge in [0, 0.05) is 0 Å². The van der Waals surface area contributed by atoms with Gasteiger partial charge in [0.1, 0.15) is 0 Å². The van der Waals surface area contributed by atoms with Crippen molar-refractivity contribution in [2.75, 3.05) is 0 Å². The van der Waals surface area contributed by atoms with E-state index in [-0.39, 0.29) is 6.10 Å². The SMILES string of the molecule is N#Cc1ccc([C@H](O)C2CCCCC2)cc1. The van der Waals surface area contributed by atoms with Crippen LogP contribution in [0.4, 0.5) is 0 Å². The van der Waals surface area contributed by atoms with Gasteiger partial charge in [-0.15, -0.1) is 0 Å². The zero-order valence-corrected chi connectivity index (χ0v) is 9.39. The molecule has 1 atom stereocenters. The van der Waals surface area contributed by atoms with Gasteiger partial charge in [0.05, 0.1) is 17.7 Å². The molecule has 1 aromatic rings. The summed E-state index contributed by atoms with van der Waals surface area (Å²) in [6.07, 6.45) is 5.67. The van der Waals surface area contributed by atoms with Crippen LogP contribution in [0, 0.1) is 17.2 Å². The largest absolute Gasteiger partial charge is 0.388 e. The summed E-state index contributed by atoms with van der Waals surface area (Å²) in [7, 11) is 0. The smallest absolute Gasteiger partial charge is 0.0991 e. The van der Waals surface area contributed by atoms with E-state index in [1.807, 2.05) is 12.1 Å². The van der Waals surface area contributed by atoms with Gasteiger partial charge in [0.15, 0.2) is 0 Å². The third kappa shape index (κ3) is 2.43. The van der Waals surface area contributed by atoms with E-state index in [2.05, 4.69) is 6.07 Å². The van der Waals surface area contributed by atoms with Gasteiger partial charge in [-0.25, -0.2) is 0 Å². The minimum absolute atomic E-state index is 0.354. The molecule has 0 spiro atoms. The van der Waals surface area contributed by atoms with E-state index >= 15 is 0 Å². The van der Waals surface area contributed by atoms with E-state index in [0.717, 1.165) is 18.4 Å². The fraction of sp³-hybridized carbons (Fsp3) is 0.500. The highest BCUT2D eigenvalue weighted by molar-refractivity contribution is 5.32. The Hall–Kier alpha value is -1.33. The van der Waals surface area contributed by atoms with Gasteiger partial charge >= 0.3 is 0 Å². The lowest BCUT2D eigenvalue weighted by atomic mass is 9.83. The highest BCUT2D eigenvalue weighted by Crippen LogP contribution is 2.34. The fourth-order valence-electron chi connectivity index (χ4n) is 2.48. The fourth-order valence-corrected chi connectivity index (χ4v) is 2.48. The first-order chi connectivity index (χ1) is 7.81. The molecule has 0 aromatic heterocycles. The second-order valence-corrected chi connectivity index (χ2v) is 4.58. The molecule has 0 unspecified atom stereocenters. The Labute approximate surface area is 96.5 Å². The second-order valence-electron chi connectivity index (χ2n) is 4.58. The second kappa shape index (κ2) is 5.14. The average molecular weight is 215 g/mol. The first-order valence-electron chi connectivity index (χ1n) is 5.99. The number of nitriles is 1. The molecule has 0 saturated heterocycles. The predicted octanol–water partition coefficient (Wildman–Crippen LogP) is 3.17. The highest BCUT2D eigenvalue weighted by Gasteiger charge is 2.22. The Balaban J connectivity index is 2.07. The molecule has 1 aliphatic rings. The minimum Gasteiger partial charge on any atom is -0.388 e. The van der Waals surface area contributed by atoms with Gasteiger partial charge in [-0.1, -0.05) is 31.4 Å². The van der Waals surface area contributed by atoms with E-state index in [4.69, 9.17) is 5.26 Å². The van der Waals surface area contributed by atoms with E-state index in [1.54, 1.807) is 12.1 Å². The molecule has 0 amide bonds. The van der Waals surface area contributed by atoms with Crippen LogP contribution in [0.5, 0.6) is 0 Å². The summed E-state index contributed by atoms with van der Waals surface area (Å²) in [6, 6.07) is 9.39. The zero-order chi connectivity index (χ0) is 11.4. The molecule has 0 bridgehead atoms. The Kier molecular flexibility index (Phi) is 3.58. The van der Waals surface area contributed by atoms with Crippen molar-refractivity contribution in [1.29, 1.82) is 5.26 Å². The summed E-state index contributed by atoms with van der Waals surface area (Å²) in [5, 5.41) is 18.9. The van der Waals surface area contributed by atoms with Crippen LogP contribution in [-0.4, -0.2) is 5.11 Å². The lowest BCUT2D eigenvalue weighted by Crippen LogP contribution is -2.15. The molecule has 1 saturated carbocycles. The third-order valence-corrected chi connectivity index (χ3v) is 3.48. The van der Waals surface area contributed by atoms with E-state index in [9.17, 15) is 5.11 Å². The van der Waals surface area contributed by atoms with Crippen LogP contribution in [0.25, 0.3) is 0 Å². The van der Waals surface area contributed by atoms with Crippen molar-refractivity contribution in [3.05, 3.63) is 35.4 Å². The minimum atomic E-state index is -0.354. The number of benzene rings is 1. The van der Waals surface area contributed by atoms with Crippen LogP contribution in [0.3, 0.4) is 0 Å². The maximum absolute atomic E-state index is 10.2. The van der Waals surface area contributed by atoms with Crippen LogP contribution in [0.2, 0.25) is 0 Å². The molecule has 1 aromatic carbocycles. The number of nitrogens with zero attached hydrogens (tertiary/aromatic N) is 1. The number of hydrogen-bond acceptors (Lipinski definition) is 2. The van der Waals surface area contributed by atoms with Crippen molar-refractivity contribution >= 4 is 0 Å². The Morgan fingerprint density at radius 3 is 2.31 bits per heavy atom. The van der Waals surface area contributed by atoms with Crippen molar-refractivity contribution in [2.24, 2.45) is 5.92 Å². The number of aliphatic hydroxyl groups is 1. The van der Waals surface area contributed by atoms with Crippen LogP contribution >= 0.6 is 0 Å². The molecule has 16 heavy (non-hydrogen) atoms. The monoisotopic (exact) mass is 215 g/mol. The maximum Gasteiger partial charge on any atom is 0.0991 e. The van der Waals surface area contributed by atoms with Crippen molar-refractivity contribution in [1.82, 2.24) is 0 Å². The average Bonchev–Trinajstić information content (AvgIpc) is 2.39. The van der Waals surface area contributed by atoms with Crippen LogP contribution in [-0.2, 0) is 0 Å². The third-order valence-electron chi connectivity index (χ3n) is 3.48. The molecule has 2 heteroatoms. The lowest BCUT2D eigenvalue weighted by molar-refractivity contribution is 0.0848. The van der Waals surface area contributed by atoms with Gasteiger partial charge < -0.3 is 5.11 Å². The van der Waals surface area contributed by atoms with Crippen molar-refractivity contribution < 1.29 is 5.11 Å². The molecular weight excluding hydrogens is 198 g/mol.